The molecular formula is C20H20N6. The summed E-state index contributed by atoms with van der Waals surface area (Å²) < 4.78 is 1.73. The molecule has 0 bridgehead atoms. The van der Waals surface area contributed by atoms with Crippen LogP contribution in [0.5, 0.6) is 0 Å². The van der Waals surface area contributed by atoms with Crippen molar-refractivity contribution < 1.29 is 0 Å². The second-order valence-electron chi connectivity index (χ2n) is 6.52. The summed E-state index contributed by atoms with van der Waals surface area (Å²) in [5, 5.41) is 4.43. The lowest BCUT2D eigenvalue weighted by molar-refractivity contribution is 0.402. The fourth-order valence-electron chi connectivity index (χ4n) is 3.07. The number of hydrogen-bond acceptors (Lipinski definition) is 5. The molecular weight excluding hydrogens is 324 g/mol. The van der Waals surface area contributed by atoms with E-state index in [0.29, 0.717) is 11.5 Å². The van der Waals surface area contributed by atoms with Crippen LogP contribution < -0.4 is 5.73 Å². The largest absolute Gasteiger partial charge is 0.382 e. The van der Waals surface area contributed by atoms with E-state index < -0.39 is 0 Å². The Bertz CT molecular complexity index is 1050. The molecule has 4 aromatic rings. The third-order valence-electron chi connectivity index (χ3n) is 4.18. The maximum atomic E-state index is 6.14. The van der Waals surface area contributed by atoms with Gasteiger partial charge < -0.3 is 10.6 Å². The van der Waals surface area contributed by atoms with Gasteiger partial charge in [0.1, 0.15) is 0 Å². The summed E-state index contributed by atoms with van der Waals surface area (Å²) in [6.45, 7) is 0.891. The monoisotopic (exact) mass is 344 g/mol. The third-order valence-corrected chi connectivity index (χ3v) is 4.18. The molecule has 1 aromatic carbocycles. The van der Waals surface area contributed by atoms with Crippen molar-refractivity contribution in [3.05, 3.63) is 66.6 Å². The molecule has 0 saturated carbocycles. The molecule has 6 heteroatoms. The summed E-state index contributed by atoms with van der Waals surface area (Å²) in [6, 6.07) is 14.2. The van der Waals surface area contributed by atoms with Gasteiger partial charge in [0.2, 0.25) is 0 Å². The van der Waals surface area contributed by atoms with Gasteiger partial charge in [0, 0.05) is 30.7 Å². The molecule has 0 aliphatic heterocycles. The third kappa shape index (κ3) is 3.02. The molecule has 3 heterocycles. The van der Waals surface area contributed by atoms with Crippen LogP contribution in [0.15, 0.2) is 61.1 Å². The maximum absolute atomic E-state index is 6.14. The summed E-state index contributed by atoms with van der Waals surface area (Å²) >= 11 is 0. The first-order chi connectivity index (χ1) is 12.6. The number of benzene rings is 1. The number of rotatable bonds is 4. The molecule has 3 aromatic heterocycles. The van der Waals surface area contributed by atoms with Crippen molar-refractivity contribution in [2.75, 3.05) is 19.8 Å². The van der Waals surface area contributed by atoms with Crippen LogP contribution in [-0.4, -0.2) is 38.6 Å². The van der Waals surface area contributed by atoms with E-state index in [-0.39, 0.29) is 0 Å². The lowest BCUT2D eigenvalue weighted by Crippen LogP contribution is -2.10. The number of anilines is 1. The van der Waals surface area contributed by atoms with Crippen molar-refractivity contribution in [2.45, 2.75) is 6.54 Å². The quantitative estimate of drug-likeness (QED) is 0.616. The first kappa shape index (κ1) is 16.2. The van der Waals surface area contributed by atoms with Gasteiger partial charge in [-0.05, 0) is 43.4 Å². The van der Waals surface area contributed by atoms with Crippen LogP contribution in [0.1, 0.15) is 5.56 Å². The Morgan fingerprint density at radius 3 is 2.69 bits per heavy atom. The topological polar surface area (TPSA) is 72.3 Å². The molecule has 26 heavy (non-hydrogen) atoms. The highest BCUT2D eigenvalue weighted by atomic mass is 15.3. The zero-order chi connectivity index (χ0) is 18.1. The van der Waals surface area contributed by atoms with Crippen molar-refractivity contribution in [3.63, 3.8) is 0 Å². The summed E-state index contributed by atoms with van der Waals surface area (Å²) in [5.41, 5.74) is 11.7. The first-order valence-electron chi connectivity index (χ1n) is 8.41. The second kappa shape index (κ2) is 6.57. The Hall–Kier alpha value is -3.25. The van der Waals surface area contributed by atoms with Crippen LogP contribution in [0.2, 0.25) is 0 Å². The van der Waals surface area contributed by atoms with Gasteiger partial charge in [-0.2, -0.15) is 0 Å². The number of nitrogens with zero attached hydrogens (tertiary/aromatic N) is 5. The van der Waals surface area contributed by atoms with E-state index in [1.54, 1.807) is 10.7 Å². The van der Waals surface area contributed by atoms with Crippen LogP contribution in [-0.2, 0) is 6.54 Å². The van der Waals surface area contributed by atoms with Gasteiger partial charge in [0.05, 0.1) is 11.3 Å². The minimum atomic E-state index is 0.426. The van der Waals surface area contributed by atoms with Crippen molar-refractivity contribution >= 4 is 11.5 Å². The van der Waals surface area contributed by atoms with Crippen LogP contribution >= 0.6 is 0 Å². The highest BCUT2D eigenvalue weighted by Crippen LogP contribution is 2.29. The molecule has 0 aliphatic rings. The fraction of sp³-hybridized carbons (Fsp3) is 0.150. The van der Waals surface area contributed by atoms with Gasteiger partial charge in [-0.25, -0.2) is 9.50 Å². The zero-order valence-electron chi connectivity index (χ0n) is 14.8. The van der Waals surface area contributed by atoms with Gasteiger partial charge in [-0.1, -0.05) is 24.3 Å². The minimum absolute atomic E-state index is 0.426. The second-order valence-corrected chi connectivity index (χ2v) is 6.52. The lowest BCUT2D eigenvalue weighted by atomic mass is 10.1. The standard InChI is InChI=1S/C20H20N6/c1-25(2)12-14-6-5-7-15(10-14)16-11-23-20-18(17-8-3-4-9-22-17)19(21)24-26(20)13-16/h3-11,13H,12H2,1-2H3,(H2,21,24). The van der Waals surface area contributed by atoms with Gasteiger partial charge in [0.15, 0.2) is 11.5 Å². The van der Waals surface area contributed by atoms with Crippen LogP contribution in [0.3, 0.4) is 0 Å². The normalized spacial score (nSPS) is 11.3. The number of fused-ring (bicyclic) bond motifs is 1. The Balaban J connectivity index is 1.78. The highest BCUT2D eigenvalue weighted by Gasteiger charge is 2.15. The van der Waals surface area contributed by atoms with Gasteiger partial charge in [-0.3, -0.25) is 4.98 Å². The molecule has 0 saturated heterocycles. The molecule has 0 fully saturated rings. The van der Waals surface area contributed by atoms with E-state index in [9.17, 15) is 0 Å². The first-order valence-corrected chi connectivity index (χ1v) is 8.41. The average molecular weight is 344 g/mol. The van der Waals surface area contributed by atoms with Gasteiger partial charge >= 0.3 is 0 Å². The van der Waals surface area contributed by atoms with Crippen LogP contribution in [0, 0.1) is 0 Å². The number of hydrogen-bond donors (Lipinski definition) is 1. The van der Waals surface area contributed by atoms with E-state index in [1.807, 2.05) is 30.6 Å². The molecule has 0 aliphatic carbocycles. The summed E-state index contributed by atoms with van der Waals surface area (Å²) in [5.74, 6) is 0.426. The summed E-state index contributed by atoms with van der Waals surface area (Å²) in [4.78, 5) is 11.1. The molecule has 130 valence electrons. The fourth-order valence-corrected chi connectivity index (χ4v) is 3.07. The summed E-state index contributed by atoms with van der Waals surface area (Å²) in [6.07, 6.45) is 5.56. The SMILES string of the molecule is CN(C)Cc1cccc(-c2cnc3c(-c4ccccn4)c(N)nn3c2)c1. The minimum Gasteiger partial charge on any atom is -0.382 e. The van der Waals surface area contributed by atoms with E-state index >= 15 is 0 Å². The predicted octanol–water partition coefficient (Wildman–Crippen LogP) is 3.10. The van der Waals surface area contributed by atoms with Crippen molar-refractivity contribution in [1.82, 2.24) is 24.5 Å². The Labute approximate surface area is 151 Å². The molecule has 0 unspecified atom stereocenters. The lowest BCUT2D eigenvalue weighted by Gasteiger charge is -2.11. The van der Waals surface area contributed by atoms with Crippen molar-refractivity contribution in [3.8, 4) is 22.4 Å². The van der Waals surface area contributed by atoms with Crippen LogP contribution in [0.4, 0.5) is 5.82 Å². The van der Waals surface area contributed by atoms with Crippen molar-refractivity contribution in [2.24, 2.45) is 0 Å². The predicted molar refractivity (Wildman–Crippen MR) is 103 cm³/mol. The van der Waals surface area contributed by atoms with E-state index in [4.69, 9.17) is 5.73 Å². The van der Waals surface area contributed by atoms with Gasteiger partial charge in [-0.15, -0.1) is 5.10 Å². The molecule has 6 nitrogen and oxygen atoms in total. The van der Waals surface area contributed by atoms with E-state index in [0.717, 1.165) is 28.9 Å². The zero-order valence-corrected chi connectivity index (χ0v) is 14.8. The van der Waals surface area contributed by atoms with Crippen LogP contribution in [0.25, 0.3) is 28.0 Å². The maximum Gasteiger partial charge on any atom is 0.166 e. The molecule has 0 radical (unpaired) electrons. The molecule has 2 N–H and O–H groups in total. The molecule has 0 atom stereocenters. The van der Waals surface area contributed by atoms with E-state index in [1.165, 1.54) is 5.56 Å². The average Bonchev–Trinajstić information content (AvgIpc) is 2.97. The molecule has 4 rings (SSSR count). The molecule has 0 spiro atoms. The number of nitrogens with two attached hydrogens (primary N) is 1. The number of pyridine rings is 1. The Morgan fingerprint density at radius 2 is 1.92 bits per heavy atom. The highest BCUT2D eigenvalue weighted by molar-refractivity contribution is 5.84. The smallest absolute Gasteiger partial charge is 0.166 e. The Morgan fingerprint density at radius 1 is 1.04 bits per heavy atom. The van der Waals surface area contributed by atoms with E-state index in [2.05, 4.69) is 58.3 Å². The molecule has 0 amide bonds. The number of nitrogen functional groups attached to an aromatic ring is 1. The number of aromatic nitrogens is 4. The van der Waals surface area contributed by atoms with Crippen molar-refractivity contribution in [1.29, 1.82) is 0 Å². The van der Waals surface area contributed by atoms with Gasteiger partial charge in [0.25, 0.3) is 0 Å². The summed E-state index contributed by atoms with van der Waals surface area (Å²) in [7, 11) is 4.12. The Kier molecular flexibility index (Phi) is 4.10.